The Kier molecular flexibility index (Phi) is 8.29. The number of hydrogen-bond acceptors (Lipinski definition) is 4. The summed E-state index contributed by atoms with van der Waals surface area (Å²) in [5, 5.41) is 2.55. The van der Waals surface area contributed by atoms with Gasteiger partial charge >= 0.3 is 6.18 Å². The minimum absolute atomic E-state index is 0.00923. The molecule has 1 aliphatic heterocycles. The molecule has 1 aliphatic rings. The molecule has 1 fully saturated rings. The summed E-state index contributed by atoms with van der Waals surface area (Å²) in [4.78, 5) is 21.1. The quantitative estimate of drug-likeness (QED) is 0.232. The van der Waals surface area contributed by atoms with Crippen molar-refractivity contribution in [3.63, 3.8) is 0 Å². The molecule has 11 heteroatoms. The van der Waals surface area contributed by atoms with Gasteiger partial charge in [-0.3, -0.25) is 14.1 Å². The smallest absolute Gasteiger partial charge is 0.322 e. The molecule has 2 aromatic heterocycles. The summed E-state index contributed by atoms with van der Waals surface area (Å²) in [6.45, 7) is 4.83. The number of pyridine rings is 1. The summed E-state index contributed by atoms with van der Waals surface area (Å²) >= 11 is 0. The zero-order chi connectivity index (χ0) is 30.0. The maximum atomic E-state index is 14.0. The number of halogens is 5. The van der Waals surface area contributed by atoms with E-state index in [9.17, 15) is 26.7 Å². The second kappa shape index (κ2) is 11.9. The number of imidazole rings is 1. The zero-order valence-corrected chi connectivity index (χ0v) is 23.0. The Balaban J connectivity index is 1.38. The number of nitrogens with zero attached hydrogens (tertiary/aromatic N) is 4. The van der Waals surface area contributed by atoms with E-state index in [2.05, 4.69) is 27.0 Å². The van der Waals surface area contributed by atoms with Gasteiger partial charge in [-0.25, -0.2) is 13.8 Å². The predicted molar refractivity (Wildman–Crippen MR) is 149 cm³/mol. The normalized spacial score (nSPS) is 14.7. The molecule has 6 nitrogen and oxygen atoms in total. The third-order valence-corrected chi connectivity index (χ3v) is 7.24. The fourth-order valence-electron chi connectivity index (χ4n) is 4.82. The Morgan fingerprint density at radius 1 is 1.02 bits per heavy atom. The van der Waals surface area contributed by atoms with Crippen molar-refractivity contribution in [1.29, 1.82) is 0 Å². The molecule has 0 aliphatic carbocycles. The Hall–Kier alpha value is -4.27. The zero-order valence-electron chi connectivity index (χ0n) is 23.0. The molecule has 2 aromatic carbocycles. The first kappa shape index (κ1) is 29.2. The van der Waals surface area contributed by atoms with Gasteiger partial charge in [0, 0.05) is 55.7 Å². The van der Waals surface area contributed by atoms with E-state index in [0.717, 1.165) is 19.2 Å². The largest absolute Gasteiger partial charge is 0.416 e. The highest BCUT2D eigenvalue weighted by Crippen LogP contribution is 2.35. The van der Waals surface area contributed by atoms with Crippen LogP contribution in [0.5, 0.6) is 0 Å². The third kappa shape index (κ3) is 6.45. The number of rotatable bonds is 5. The molecule has 1 saturated heterocycles. The van der Waals surface area contributed by atoms with Crippen molar-refractivity contribution in [2.45, 2.75) is 26.1 Å². The SMILES string of the molecule is Cc1ccc(C(=O)Nc2ccc(CN3CCN(C)CC3)c(C(F)(F)F)c2)cc1C#Cc1c(C(F)F)nc2ccccn12. The Morgan fingerprint density at radius 2 is 1.79 bits per heavy atom. The number of aromatic nitrogens is 2. The monoisotopic (exact) mass is 581 g/mol. The lowest BCUT2D eigenvalue weighted by molar-refractivity contribution is -0.138. The molecule has 3 heterocycles. The first-order chi connectivity index (χ1) is 20.0. The van der Waals surface area contributed by atoms with Gasteiger partial charge in [-0.05, 0) is 67.4 Å². The molecule has 4 aromatic rings. The number of piperazine rings is 1. The van der Waals surface area contributed by atoms with Crippen LogP contribution >= 0.6 is 0 Å². The van der Waals surface area contributed by atoms with E-state index in [4.69, 9.17) is 0 Å². The molecule has 0 atom stereocenters. The van der Waals surface area contributed by atoms with Crippen LogP contribution in [-0.2, 0) is 12.7 Å². The van der Waals surface area contributed by atoms with Crippen molar-refractivity contribution in [3.8, 4) is 11.8 Å². The number of carbonyl (C=O) groups is 1. The fourth-order valence-corrected chi connectivity index (χ4v) is 4.82. The number of alkyl halides is 5. The highest BCUT2D eigenvalue weighted by Gasteiger charge is 2.34. The van der Waals surface area contributed by atoms with E-state index in [1.165, 1.54) is 28.7 Å². The number of nitrogens with one attached hydrogen (secondary N) is 1. The lowest BCUT2D eigenvalue weighted by Gasteiger charge is -2.33. The second-order valence-corrected chi connectivity index (χ2v) is 10.3. The minimum atomic E-state index is -4.59. The Bertz CT molecular complexity index is 1680. The molecule has 0 bridgehead atoms. The van der Waals surface area contributed by atoms with Crippen molar-refractivity contribution >= 4 is 17.2 Å². The topological polar surface area (TPSA) is 52.9 Å². The number of aryl methyl sites for hydroxylation is 1. The standard InChI is InChI=1S/C31H28F5N5O/c1-20-6-7-22(17-21(20)9-11-26-28(29(32)33)38-27-5-3-4-12-41(26)27)30(42)37-24-10-8-23(25(18-24)31(34,35)36)19-40-15-13-39(2)14-16-40/h3-8,10,12,17-18,29H,13-16,19H2,1-2H3,(H,37,42). The van der Waals surface area contributed by atoms with Gasteiger partial charge in [-0.15, -0.1) is 0 Å². The molecule has 42 heavy (non-hydrogen) atoms. The van der Waals surface area contributed by atoms with Crippen LogP contribution in [0.3, 0.4) is 0 Å². The van der Waals surface area contributed by atoms with Gasteiger partial charge in [0.25, 0.3) is 12.3 Å². The van der Waals surface area contributed by atoms with Gasteiger partial charge in [0.2, 0.25) is 0 Å². The van der Waals surface area contributed by atoms with Gasteiger partial charge in [-0.2, -0.15) is 13.2 Å². The van der Waals surface area contributed by atoms with Crippen LogP contribution in [-0.4, -0.2) is 58.3 Å². The van der Waals surface area contributed by atoms with E-state index < -0.39 is 29.8 Å². The second-order valence-electron chi connectivity index (χ2n) is 10.3. The average Bonchev–Trinajstić information content (AvgIpc) is 3.33. The fraction of sp³-hybridized carbons (Fsp3) is 0.290. The summed E-state index contributed by atoms with van der Waals surface area (Å²) in [6, 6.07) is 13.4. The number of amides is 1. The molecule has 218 valence electrons. The molecule has 0 unspecified atom stereocenters. The van der Waals surface area contributed by atoms with E-state index in [-0.39, 0.29) is 29.1 Å². The molecule has 0 radical (unpaired) electrons. The molecule has 1 N–H and O–H groups in total. The summed E-state index contributed by atoms with van der Waals surface area (Å²) < 4.78 is 70.6. The highest BCUT2D eigenvalue weighted by molar-refractivity contribution is 6.04. The minimum Gasteiger partial charge on any atom is -0.322 e. The van der Waals surface area contributed by atoms with Crippen molar-refractivity contribution < 1.29 is 26.7 Å². The van der Waals surface area contributed by atoms with Crippen molar-refractivity contribution in [2.24, 2.45) is 0 Å². The van der Waals surface area contributed by atoms with Crippen LogP contribution in [0.1, 0.15) is 50.4 Å². The Morgan fingerprint density at radius 3 is 2.50 bits per heavy atom. The van der Waals surface area contributed by atoms with Crippen LogP contribution in [0.4, 0.5) is 27.6 Å². The van der Waals surface area contributed by atoms with Crippen LogP contribution < -0.4 is 5.32 Å². The molecular formula is C31H28F5N5O. The van der Waals surface area contributed by atoms with Gasteiger partial charge in [0.1, 0.15) is 17.0 Å². The molecule has 1 amide bonds. The predicted octanol–water partition coefficient (Wildman–Crippen LogP) is 6.00. The first-order valence-corrected chi connectivity index (χ1v) is 13.3. The van der Waals surface area contributed by atoms with Gasteiger partial charge in [0.05, 0.1) is 5.56 Å². The Labute approximate surface area is 239 Å². The van der Waals surface area contributed by atoms with E-state index >= 15 is 0 Å². The average molecular weight is 582 g/mol. The summed E-state index contributed by atoms with van der Waals surface area (Å²) in [7, 11) is 1.98. The van der Waals surface area contributed by atoms with Crippen molar-refractivity contribution in [1.82, 2.24) is 19.2 Å². The maximum Gasteiger partial charge on any atom is 0.416 e. The third-order valence-electron chi connectivity index (χ3n) is 7.24. The number of anilines is 1. The van der Waals surface area contributed by atoms with Crippen LogP contribution in [0.2, 0.25) is 0 Å². The van der Waals surface area contributed by atoms with Gasteiger partial charge < -0.3 is 10.2 Å². The van der Waals surface area contributed by atoms with E-state index in [1.807, 2.05) is 11.9 Å². The molecular weight excluding hydrogens is 553 g/mol. The lowest BCUT2D eigenvalue weighted by Crippen LogP contribution is -2.44. The summed E-state index contributed by atoms with van der Waals surface area (Å²) in [5.74, 6) is 5.00. The van der Waals surface area contributed by atoms with Gasteiger partial charge in [-0.1, -0.05) is 24.1 Å². The van der Waals surface area contributed by atoms with Crippen LogP contribution in [0.25, 0.3) is 5.65 Å². The van der Waals surface area contributed by atoms with E-state index in [1.54, 1.807) is 37.4 Å². The molecule has 5 rings (SSSR count). The van der Waals surface area contributed by atoms with Crippen LogP contribution in [0.15, 0.2) is 60.8 Å². The number of benzene rings is 2. The van der Waals surface area contributed by atoms with Crippen molar-refractivity contribution in [3.05, 3.63) is 100.0 Å². The number of fused-ring (bicyclic) bond motifs is 1. The van der Waals surface area contributed by atoms with Crippen LogP contribution in [0, 0.1) is 18.8 Å². The maximum absolute atomic E-state index is 14.0. The van der Waals surface area contributed by atoms with E-state index in [0.29, 0.717) is 29.9 Å². The molecule has 0 spiro atoms. The highest BCUT2D eigenvalue weighted by atomic mass is 19.4. The number of likely N-dealkylation sites (N-methyl/N-ethyl adjacent to an activating group) is 1. The number of hydrogen-bond donors (Lipinski definition) is 1. The summed E-state index contributed by atoms with van der Waals surface area (Å²) in [6.07, 6.45) is -5.84. The first-order valence-electron chi connectivity index (χ1n) is 13.3. The van der Waals surface area contributed by atoms with Crippen molar-refractivity contribution in [2.75, 3.05) is 38.5 Å². The lowest BCUT2D eigenvalue weighted by atomic mass is 10.0. The summed E-state index contributed by atoms with van der Waals surface area (Å²) in [5.41, 5.74) is 0.539. The number of carbonyl (C=O) groups excluding carboxylic acids is 1. The molecule has 0 saturated carbocycles. The van der Waals surface area contributed by atoms with Gasteiger partial charge in [0.15, 0.2) is 0 Å².